The molecule has 1 aliphatic carbocycles. The number of nitrogens with zero attached hydrogens (tertiary/aromatic N) is 2. The molecule has 0 saturated heterocycles. The molecule has 120 valence electrons. The highest BCUT2D eigenvalue weighted by molar-refractivity contribution is 14.0. The molecule has 1 aliphatic rings. The maximum absolute atomic E-state index is 4.28. The van der Waals surface area contributed by atoms with E-state index in [-0.39, 0.29) is 24.0 Å². The van der Waals surface area contributed by atoms with E-state index < -0.39 is 0 Å². The quantitative estimate of drug-likeness (QED) is 0.421. The van der Waals surface area contributed by atoms with Crippen LogP contribution in [0.2, 0.25) is 0 Å². The summed E-state index contributed by atoms with van der Waals surface area (Å²) >= 11 is 1.83. The Labute approximate surface area is 149 Å². The lowest BCUT2D eigenvalue weighted by atomic mass is 10.3. The van der Waals surface area contributed by atoms with Gasteiger partial charge in [-0.15, -0.1) is 35.3 Å². The van der Waals surface area contributed by atoms with Crippen LogP contribution >= 0.6 is 35.3 Å². The highest BCUT2D eigenvalue weighted by Gasteiger charge is 2.28. The largest absolute Gasteiger partial charge is 0.355 e. The molecule has 1 atom stereocenters. The number of halogens is 1. The number of hydrogen-bond acceptors (Lipinski definition) is 3. The van der Waals surface area contributed by atoms with E-state index in [1.807, 2.05) is 18.4 Å². The van der Waals surface area contributed by atoms with Crippen molar-refractivity contribution in [2.45, 2.75) is 45.3 Å². The fourth-order valence-electron chi connectivity index (χ4n) is 2.20. The van der Waals surface area contributed by atoms with Gasteiger partial charge < -0.3 is 10.6 Å². The van der Waals surface area contributed by atoms with Gasteiger partial charge in [0.1, 0.15) is 0 Å². The van der Waals surface area contributed by atoms with Gasteiger partial charge in [0.15, 0.2) is 5.96 Å². The number of aryl methyl sites for hydroxylation is 1. The predicted octanol–water partition coefficient (Wildman–Crippen LogP) is 2.82. The summed E-state index contributed by atoms with van der Waals surface area (Å²) in [6.07, 6.45) is 2.71. The second-order valence-corrected chi connectivity index (χ2v) is 6.94. The summed E-state index contributed by atoms with van der Waals surface area (Å²) in [5, 5.41) is 6.78. The van der Waals surface area contributed by atoms with Gasteiger partial charge in [-0.05, 0) is 45.9 Å². The van der Waals surface area contributed by atoms with Crippen molar-refractivity contribution >= 4 is 41.3 Å². The number of rotatable bonds is 6. The Morgan fingerprint density at radius 3 is 2.67 bits per heavy atom. The van der Waals surface area contributed by atoms with E-state index in [9.17, 15) is 0 Å². The molecule has 1 fully saturated rings. The molecule has 6 heteroatoms. The Kier molecular flexibility index (Phi) is 7.97. The van der Waals surface area contributed by atoms with Gasteiger partial charge in [-0.1, -0.05) is 0 Å². The third-order valence-corrected chi connectivity index (χ3v) is 4.83. The van der Waals surface area contributed by atoms with Crippen LogP contribution in [0.15, 0.2) is 17.1 Å². The molecule has 1 unspecified atom stereocenters. The minimum Gasteiger partial charge on any atom is -0.355 e. The third-order valence-electron chi connectivity index (χ3n) is 3.83. The second kappa shape index (κ2) is 8.95. The molecule has 0 aromatic carbocycles. The Bertz CT molecular complexity index is 456. The fourth-order valence-corrected chi connectivity index (χ4v) is 3.03. The molecule has 1 aromatic rings. The number of nitrogens with one attached hydrogen (secondary N) is 2. The zero-order chi connectivity index (χ0) is 14.5. The number of thiophene rings is 1. The SMILES string of the molecule is CN=C(NCc1ccc(C)s1)NCC(C)N(C)C1CC1.I. The molecule has 0 radical (unpaired) electrons. The molecule has 1 saturated carbocycles. The average Bonchev–Trinajstić information content (AvgIpc) is 3.21. The first-order valence-electron chi connectivity index (χ1n) is 7.32. The maximum Gasteiger partial charge on any atom is 0.191 e. The summed E-state index contributed by atoms with van der Waals surface area (Å²) in [6.45, 7) is 6.17. The molecule has 0 aliphatic heterocycles. The van der Waals surface area contributed by atoms with Crippen LogP contribution in [0, 0.1) is 6.92 Å². The third kappa shape index (κ3) is 6.12. The Morgan fingerprint density at radius 1 is 1.43 bits per heavy atom. The van der Waals surface area contributed by atoms with Crippen LogP contribution < -0.4 is 10.6 Å². The lowest BCUT2D eigenvalue weighted by Crippen LogP contribution is -2.45. The van der Waals surface area contributed by atoms with Crippen LogP contribution in [0.4, 0.5) is 0 Å². The zero-order valence-corrected chi connectivity index (χ0v) is 16.5. The number of likely N-dealkylation sites (N-methyl/N-ethyl adjacent to an activating group) is 1. The number of aliphatic imine (C=N–C) groups is 1. The minimum atomic E-state index is 0. The van der Waals surface area contributed by atoms with Crippen LogP contribution in [-0.4, -0.2) is 43.6 Å². The second-order valence-electron chi connectivity index (χ2n) is 5.56. The molecular formula is C15H27IN4S. The van der Waals surface area contributed by atoms with Gasteiger partial charge in [0.05, 0.1) is 6.54 Å². The molecule has 21 heavy (non-hydrogen) atoms. The van der Waals surface area contributed by atoms with Crippen molar-refractivity contribution in [3.05, 3.63) is 21.9 Å². The van der Waals surface area contributed by atoms with E-state index >= 15 is 0 Å². The van der Waals surface area contributed by atoms with E-state index in [0.29, 0.717) is 6.04 Å². The van der Waals surface area contributed by atoms with Gasteiger partial charge in [-0.3, -0.25) is 9.89 Å². The fraction of sp³-hybridized carbons (Fsp3) is 0.667. The van der Waals surface area contributed by atoms with E-state index in [2.05, 4.69) is 53.6 Å². The Balaban J connectivity index is 0.00000220. The van der Waals surface area contributed by atoms with Crippen LogP contribution in [0.3, 0.4) is 0 Å². The van der Waals surface area contributed by atoms with Crippen molar-refractivity contribution in [2.75, 3.05) is 20.6 Å². The van der Waals surface area contributed by atoms with E-state index in [1.165, 1.54) is 22.6 Å². The van der Waals surface area contributed by atoms with Crippen molar-refractivity contribution in [3.8, 4) is 0 Å². The van der Waals surface area contributed by atoms with Crippen LogP contribution in [0.1, 0.15) is 29.5 Å². The normalized spacial score (nSPS) is 16.5. The van der Waals surface area contributed by atoms with Crippen molar-refractivity contribution in [1.82, 2.24) is 15.5 Å². The highest BCUT2D eigenvalue weighted by Crippen LogP contribution is 2.26. The van der Waals surface area contributed by atoms with E-state index in [1.54, 1.807) is 0 Å². The zero-order valence-electron chi connectivity index (χ0n) is 13.3. The highest BCUT2D eigenvalue weighted by atomic mass is 127. The van der Waals surface area contributed by atoms with Gasteiger partial charge in [-0.25, -0.2) is 0 Å². The molecule has 2 N–H and O–H groups in total. The molecule has 2 rings (SSSR count). The molecule has 0 amide bonds. The van der Waals surface area contributed by atoms with Gasteiger partial charge in [-0.2, -0.15) is 0 Å². The maximum atomic E-state index is 4.28. The molecule has 1 aromatic heterocycles. The van der Waals surface area contributed by atoms with Crippen molar-refractivity contribution in [1.29, 1.82) is 0 Å². The monoisotopic (exact) mass is 422 g/mol. The lowest BCUT2D eigenvalue weighted by molar-refractivity contribution is 0.247. The molecule has 0 bridgehead atoms. The Hall–Kier alpha value is -0.340. The smallest absolute Gasteiger partial charge is 0.191 e. The lowest BCUT2D eigenvalue weighted by Gasteiger charge is -2.25. The van der Waals surface area contributed by atoms with Gasteiger partial charge >= 0.3 is 0 Å². The number of hydrogen-bond donors (Lipinski definition) is 2. The molecule has 4 nitrogen and oxygen atoms in total. The van der Waals surface area contributed by atoms with Crippen LogP contribution in [-0.2, 0) is 6.54 Å². The summed E-state index contributed by atoms with van der Waals surface area (Å²) < 4.78 is 0. The summed E-state index contributed by atoms with van der Waals surface area (Å²) in [5.74, 6) is 0.882. The summed E-state index contributed by atoms with van der Waals surface area (Å²) in [7, 11) is 4.04. The van der Waals surface area contributed by atoms with Crippen LogP contribution in [0.25, 0.3) is 0 Å². The number of guanidine groups is 1. The summed E-state index contributed by atoms with van der Waals surface area (Å²) in [5.41, 5.74) is 0. The first kappa shape index (κ1) is 18.7. The van der Waals surface area contributed by atoms with Crippen molar-refractivity contribution < 1.29 is 0 Å². The van der Waals surface area contributed by atoms with Crippen LogP contribution in [0.5, 0.6) is 0 Å². The summed E-state index contributed by atoms with van der Waals surface area (Å²) in [4.78, 5) is 9.44. The van der Waals surface area contributed by atoms with E-state index in [0.717, 1.165) is 25.1 Å². The average molecular weight is 422 g/mol. The Morgan fingerprint density at radius 2 is 2.14 bits per heavy atom. The first-order valence-corrected chi connectivity index (χ1v) is 8.13. The van der Waals surface area contributed by atoms with Gasteiger partial charge in [0.2, 0.25) is 0 Å². The molecule has 1 heterocycles. The molecular weight excluding hydrogens is 395 g/mol. The standard InChI is InChI=1S/C15H26N4S.HI/c1-11(19(4)13-6-7-13)9-17-15(16-3)18-10-14-8-5-12(2)20-14;/h5,8,11,13H,6-7,9-10H2,1-4H3,(H2,16,17,18);1H. The van der Waals surface area contributed by atoms with Crippen molar-refractivity contribution in [2.24, 2.45) is 4.99 Å². The van der Waals surface area contributed by atoms with Gasteiger partial charge in [0, 0.05) is 35.4 Å². The minimum absolute atomic E-state index is 0. The molecule has 0 spiro atoms. The van der Waals surface area contributed by atoms with Gasteiger partial charge in [0.25, 0.3) is 0 Å². The predicted molar refractivity (Wildman–Crippen MR) is 103 cm³/mol. The summed E-state index contributed by atoms with van der Waals surface area (Å²) in [6, 6.07) is 5.66. The van der Waals surface area contributed by atoms with Crippen molar-refractivity contribution in [3.63, 3.8) is 0 Å². The first-order chi connectivity index (χ1) is 9.60. The van der Waals surface area contributed by atoms with E-state index in [4.69, 9.17) is 0 Å². The topological polar surface area (TPSA) is 39.7 Å².